The molecule has 0 fully saturated rings. The molecule has 0 bridgehead atoms. The second-order valence-corrected chi connectivity index (χ2v) is 5.87. The highest BCUT2D eigenvalue weighted by Gasteiger charge is 2.20. The second-order valence-electron chi connectivity index (χ2n) is 5.87. The highest BCUT2D eigenvalue weighted by molar-refractivity contribution is 5.99. The van der Waals surface area contributed by atoms with Gasteiger partial charge in [-0.15, -0.1) is 0 Å². The molecule has 3 heteroatoms. The first-order chi connectivity index (χ1) is 8.75. The summed E-state index contributed by atoms with van der Waals surface area (Å²) in [6.45, 7) is 8.13. The number of hydrogen-bond acceptors (Lipinski definition) is 3. The number of benzene rings is 1. The van der Waals surface area contributed by atoms with Crippen LogP contribution in [-0.2, 0) is 14.9 Å². The molecule has 0 radical (unpaired) electrons. The lowest BCUT2D eigenvalue weighted by Crippen LogP contribution is -2.17. The van der Waals surface area contributed by atoms with Crippen molar-refractivity contribution in [2.75, 3.05) is 7.11 Å². The predicted molar refractivity (Wildman–Crippen MR) is 75.3 cm³/mol. The smallest absolute Gasteiger partial charge is 0.306 e. The highest BCUT2D eigenvalue weighted by Crippen LogP contribution is 2.23. The van der Waals surface area contributed by atoms with Gasteiger partial charge in [-0.05, 0) is 11.0 Å². The summed E-state index contributed by atoms with van der Waals surface area (Å²) < 4.78 is 4.58. The van der Waals surface area contributed by atoms with Crippen LogP contribution >= 0.6 is 0 Å². The summed E-state index contributed by atoms with van der Waals surface area (Å²) in [6.07, 6.45) is 0.121. The molecule has 0 aliphatic rings. The lowest BCUT2D eigenvalue weighted by atomic mass is 9.86. The van der Waals surface area contributed by atoms with E-state index in [0.29, 0.717) is 5.56 Å². The Morgan fingerprint density at radius 1 is 1.16 bits per heavy atom. The van der Waals surface area contributed by atoms with Gasteiger partial charge in [0.05, 0.1) is 13.5 Å². The molecule has 0 heterocycles. The minimum atomic E-state index is -0.354. The number of ether oxygens (including phenoxy) is 1. The Morgan fingerprint density at radius 2 is 1.68 bits per heavy atom. The van der Waals surface area contributed by atoms with Crippen LogP contribution in [0.25, 0.3) is 0 Å². The third kappa shape index (κ3) is 4.19. The van der Waals surface area contributed by atoms with Crippen molar-refractivity contribution in [2.45, 2.75) is 39.5 Å². The monoisotopic (exact) mass is 262 g/mol. The molecule has 3 nitrogen and oxygen atoms in total. The summed E-state index contributed by atoms with van der Waals surface area (Å²) in [4.78, 5) is 23.3. The molecule has 0 amide bonds. The molecule has 1 rings (SSSR count). The summed E-state index contributed by atoms with van der Waals surface area (Å²) in [5.41, 5.74) is 1.90. The fraction of sp³-hybridized carbons (Fsp3) is 0.500. The quantitative estimate of drug-likeness (QED) is 0.617. The predicted octanol–water partition coefficient (Wildman–Crippen LogP) is 3.37. The van der Waals surface area contributed by atoms with Gasteiger partial charge in [0.1, 0.15) is 0 Å². The lowest BCUT2D eigenvalue weighted by molar-refractivity contribution is -0.141. The average Bonchev–Trinajstić information content (AvgIpc) is 2.36. The van der Waals surface area contributed by atoms with Gasteiger partial charge in [-0.2, -0.15) is 0 Å². The van der Waals surface area contributed by atoms with Crippen molar-refractivity contribution >= 4 is 11.8 Å². The second kappa shape index (κ2) is 6.00. The normalized spacial score (nSPS) is 12.9. The Morgan fingerprint density at radius 3 is 2.11 bits per heavy atom. The molecular formula is C16H22O3. The number of esters is 1. The Balaban J connectivity index is 2.81. The highest BCUT2D eigenvalue weighted by atomic mass is 16.5. The van der Waals surface area contributed by atoms with E-state index in [1.807, 2.05) is 24.3 Å². The third-order valence-corrected chi connectivity index (χ3v) is 3.18. The molecule has 0 aromatic heterocycles. The summed E-state index contributed by atoms with van der Waals surface area (Å²) >= 11 is 0. The number of carbonyl (C=O) groups is 2. The van der Waals surface area contributed by atoms with Gasteiger partial charge in [-0.25, -0.2) is 0 Å². The average molecular weight is 262 g/mol. The van der Waals surface area contributed by atoms with Crippen LogP contribution in [0.1, 0.15) is 50.0 Å². The van der Waals surface area contributed by atoms with E-state index in [2.05, 4.69) is 25.5 Å². The number of ketones is 1. The largest absolute Gasteiger partial charge is 0.469 e. The van der Waals surface area contributed by atoms with Crippen LogP contribution in [0, 0.1) is 5.92 Å². The number of carbonyl (C=O) groups excluding carboxylic acids is 2. The van der Waals surface area contributed by atoms with Gasteiger partial charge in [-0.1, -0.05) is 52.0 Å². The zero-order valence-corrected chi connectivity index (χ0v) is 12.3. The van der Waals surface area contributed by atoms with E-state index in [9.17, 15) is 9.59 Å². The zero-order valence-electron chi connectivity index (χ0n) is 12.3. The topological polar surface area (TPSA) is 43.4 Å². The van der Waals surface area contributed by atoms with Gasteiger partial charge in [0.25, 0.3) is 0 Å². The maximum atomic E-state index is 12.1. The Hall–Kier alpha value is -1.64. The van der Waals surface area contributed by atoms with Crippen molar-refractivity contribution in [1.82, 2.24) is 0 Å². The molecule has 1 aromatic rings. The summed E-state index contributed by atoms with van der Waals surface area (Å²) in [6, 6.07) is 7.60. The van der Waals surface area contributed by atoms with Gasteiger partial charge in [0.2, 0.25) is 0 Å². The summed E-state index contributed by atoms with van der Waals surface area (Å²) in [7, 11) is 1.33. The van der Waals surface area contributed by atoms with E-state index in [-0.39, 0.29) is 29.5 Å². The fourth-order valence-corrected chi connectivity index (χ4v) is 1.85. The molecule has 0 N–H and O–H groups in total. The molecule has 19 heavy (non-hydrogen) atoms. The van der Waals surface area contributed by atoms with E-state index >= 15 is 0 Å². The van der Waals surface area contributed by atoms with Crippen molar-refractivity contribution in [3.8, 4) is 0 Å². The van der Waals surface area contributed by atoms with Crippen LogP contribution in [0.3, 0.4) is 0 Å². The Bertz CT molecular complexity index is 452. The summed E-state index contributed by atoms with van der Waals surface area (Å²) in [5.74, 6) is -0.731. The maximum absolute atomic E-state index is 12.1. The van der Waals surface area contributed by atoms with E-state index in [1.54, 1.807) is 6.92 Å². The van der Waals surface area contributed by atoms with Crippen LogP contribution in [0.5, 0.6) is 0 Å². The van der Waals surface area contributed by atoms with Crippen molar-refractivity contribution in [1.29, 1.82) is 0 Å². The number of hydrogen-bond donors (Lipinski definition) is 0. The number of rotatable bonds is 4. The van der Waals surface area contributed by atoms with Gasteiger partial charge < -0.3 is 4.74 Å². The molecule has 1 atom stereocenters. The molecule has 104 valence electrons. The SMILES string of the molecule is COC(=O)CC(C)C(=O)c1ccc(C(C)(C)C)cc1. The van der Waals surface area contributed by atoms with E-state index in [0.717, 1.165) is 0 Å². The number of Topliss-reactive ketones (excluding diaryl/α,β-unsaturated/α-hetero) is 1. The van der Waals surface area contributed by atoms with Crippen LogP contribution < -0.4 is 0 Å². The molecule has 0 saturated heterocycles. The molecule has 1 aromatic carbocycles. The maximum Gasteiger partial charge on any atom is 0.306 e. The van der Waals surface area contributed by atoms with Crippen LogP contribution in [0.2, 0.25) is 0 Å². The Labute approximate surface area is 115 Å². The van der Waals surface area contributed by atoms with E-state index in [1.165, 1.54) is 12.7 Å². The molecule has 0 saturated carbocycles. The molecule has 0 aliphatic carbocycles. The third-order valence-electron chi connectivity index (χ3n) is 3.18. The fourth-order valence-electron chi connectivity index (χ4n) is 1.85. The van der Waals surface area contributed by atoms with Gasteiger partial charge in [-0.3, -0.25) is 9.59 Å². The van der Waals surface area contributed by atoms with Crippen LogP contribution in [0.4, 0.5) is 0 Å². The van der Waals surface area contributed by atoms with Gasteiger partial charge >= 0.3 is 5.97 Å². The minimum Gasteiger partial charge on any atom is -0.469 e. The van der Waals surface area contributed by atoms with Gasteiger partial charge in [0, 0.05) is 11.5 Å². The van der Waals surface area contributed by atoms with Crippen molar-refractivity contribution in [3.63, 3.8) is 0 Å². The lowest BCUT2D eigenvalue weighted by Gasteiger charge is -2.19. The molecule has 1 unspecified atom stereocenters. The van der Waals surface area contributed by atoms with Crippen LogP contribution in [0.15, 0.2) is 24.3 Å². The molecule has 0 spiro atoms. The minimum absolute atomic E-state index is 0.0224. The molecule has 0 aliphatic heterocycles. The number of methoxy groups -OCH3 is 1. The van der Waals surface area contributed by atoms with Crippen molar-refractivity contribution in [2.24, 2.45) is 5.92 Å². The van der Waals surface area contributed by atoms with E-state index < -0.39 is 0 Å². The Kier molecular flexibility index (Phi) is 4.87. The van der Waals surface area contributed by atoms with Crippen molar-refractivity contribution < 1.29 is 14.3 Å². The molecular weight excluding hydrogens is 240 g/mol. The first kappa shape index (κ1) is 15.4. The first-order valence-electron chi connectivity index (χ1n) is 6.47. The summed E-state index contributed by atoms with van der Waals surface area (Å²) in [5, 5.41) is 0. The van der Waals surface area contributed by atoms with E-state index in [4.69, 9.17) is 0 Å². The van der Waals surface area contributed by atoms with Gasteiger partial charge in [0.15, 0.2) is 5.78 Å². The zero-order chi connectivity index (χ0) is 14.6. The van der Waals surface area contributed by atoms with Crippen molar-refractivity contribution in [3.05, 3.63) is 35.4 Å². The first-order valence-corrected chi connectivity index (χ1v) is 6.47. The van der Waals surface area contributed by atoms with Crippen LogP contribution in [-0.4, -0.2) is 18.9 Å². The standard InChI is InChI=1S/C16H22O3/c1-11(10-14(17)19-5)15(18)12-6-8-13(9-7-12)16(2,3)4/h6-9,11H,10H2,1-5H3.